The highest BCUT2D eigenvalue weighted by Gasteiger charge is 2.60. The normalized spacial score (nSPS) is 46.8. The highest BCUT2D eigenvalue weighted by Crippen LogP contribution is 2.68. The van der Waals surface area contributed by atoms with E-state index in [0.717, 1.165) is 54.3 Å². The average Bonchev–Trinajstić information content (AvgIpc) is 3.05. The number of nitrogens with two attached hydrogens (primary N) is 1. The molecule has 0 bridgehead atoms. The Balaban J connectivity index is 1.43. The summed E-state index contributed by atoms with van der Waals surface area (Å²) in [4.78, 5) is 9.55. The molecule has 31 heavy (non-hydrogen) atoms. The summed E-state index contributed by atoms with van der Waals surface area (Å²) in [5, 5.41) is 0. The van der Waals surface area contributed by atoms with Crippen LogP contribution in [0.15, 0.2) is 0 Å². The van der Waals surface area contributed by atoms with Crippen molar-refractivity contribution in [2.24, 2.45) is 57.8 Å². The van der Waals surface area contributed by atoms with Crippen LogP contribution < -0.4 is 5.50 Å². The molecule has 10 unspecified atom stereocenters. The summed E-state index contributed by atoms with van der Waals surface area (Å²) in [5.74, 6) is 6.29. The Morgan fingerprint density at radius 1 is 0.935 bits per heavy atom. The van der Waals surface area contributed by atoms with Crippen LogP contribution in [-0.4, -0.2) is 11.0 Å². The molecule has 10 atom stereocenters. The lowest BCUT2D eigenvalue weighted by Gasteiger charge is -2.61. The van der Waals surface area contributed by atoms with Crippen LogP contribution in [0.25, 0.3) is 0 Å². The van der Waals surface area contributed by atoms with Gasteiger partial charge in [-0.1, -0.05) is 53.9 Å². The maximum absolute atomic E-state index is 9.55. The van der Waals surface area contributed by atoms with Crippen molar-refractivity contribution in [2.45, 2.75) is 118 Å². The smallest absolute Gasteiger partial charge is 0.250 e. The fourth-order valence-corrected chi connectivity index (χ4v) is 9.99. The second-order valence-corrected chi connectivity index (χ2v) is 13.8. The summed E-state index contributed by atoms with van der Waals surface area (Å²) >= 11 is 0. The van der Waals surface area contributed by atoms with Gasteiger partial charge in [0.2, 0.25) is 8.53 Å². The van der Waals surface area contributed by atoms with Gasteiger partial charge in [-0.25, -0.2) is 0 Å². The highest BCUT2D eigenvalue weighted by atomic mass is 31.2. The molecule has 0 spiro atoms. The van der Waals surface area contributed by atoms with Crippen molar-refractivity contribution in [2.75, 3.05) is 0 Å². The lowest BCUT2D eigenvalue weighted by molar-refractivity contribution is -0.126. The monoisotopic (exact) mass is 451 g/mol. The molecule has 0 amide bonds. The predicted octanol–water partition coefficient (Wildman–Crippen LogP) is 7.67. The molecule has 0 heterocycles. The molecular weight excluding hydrogens is 401 g/mol. The van der Waals surface area contributed by atoms with Gasteiger partial charge in [-0.15, -0.1) is 0 Å². The fourth-order valence-electron chi connectivity index (χ4n) is 9.49. The molecule has 180 valence electrons. The van der Waals surface area contributed by atoms with Crippen LogP contribution >= 0.6 is 8.53 Å². The molecule has 4 fully saturated rings. The average molecular weight is 452 g/mol. The van der Waals surface area contributed by atoms with Crippen molar-refractivity contribution in [1.82, 2.24) is 0 Å². The number of fused-ring (bicyclic) bond motifs is 5. The van der Waals surface area contributed by atoms with Gasteiger partial charge in [-0.05, 0) is 110 Å². The zero-order valence-corrected chi connectivity index (χ0v) is 21.9. The standard InChI is InChI=1S/C27H50NO2P/c1-18(2)7-6-8-19(3)23-11-12-24-22-10-9-20-17-21(30-31(28)29)13-15-26(20,4)25(22)14-16-27(23,24)5/h18-25,29H,6-17,28H2,1-5H3. The third-order valence-corrected chi connectivity index (χ3v) is 11.6. The molecule has 0 aromatic rings. The first-order valence-electron chi connectivity index (χ1n) is 13.6. The largest absolute Gasteiger partial charge is 0.338 e. The van der Waals surface area contributed by atoms with E-state index in [0.29, 0.717) is 10.8 Å². The van der Waals surface area contributed by atoms with Crippen molar-refractivity contribution < 1.29 is 9.42 Å². The Morgan fingerprint density at radius 3 is 2.35 bits per heavy atom. The number of hydrogen-bond acceptors (Lipinski definition) is 3. The topological polar surface area (TPSA) is 55.5 Å². The maximum Gasteiger partial charge on any atom is 0.250 e. The molecule has 4 saturated carbocycles. The molecule has 0 aromatic carbocycles. The van der Waals surface area contributed by atoms with Gasteiger partial charge >= 0.3 is 0 Å². The van der Waals surface area contributed by atoms with Crippen LogP contribution in [0.4, 0.5) is 0 Å². The van der Waals surface area contributed by atoms with E-state index in [2.05, 4.69) is 34.6 Å². The van der Waals surface area contributed by atoms with Gasteiger partial charge in [0, 0.05) is 0 Å². The van der Waals surface area contributed by atoms with Crippen LogP contribution in [0, 0.1) is 52.3 Å². The van der Waals surface area contributed by atoms with E-state index in [1.54, 1.807) is 0 Å². The highest BCUT2D eigenvalue weighted by molar-refractivity contribution is 7.43. The first-order valence-corrected chi connectivity index (χ1v) is 14.8. The van der Waals surface area contributed by atoms with Gasteiger partial charge in [-0.2, -0.15) is 0 Å². The van der Waals surface area contributed by atoms with E-state index in [1.165, 1.54) is 64.2 Å². The predicted molar refractivity (Wildman–Crippen MR) is 131 cm³/mol. The van der Waals surface area contributed by atoms with E-state index in [9.17, 15) is 4.89 Å². The van der Waals surface area contributed by atoms with E-state index >= 15 is 0 Å². The number of rotatable bonds is 7. The quantitative estimate of drug-likeness (QED) is 0.390. The van der Waals surface area contributed by atoms with E-state index in [-0.39, 0.29) is 6.10 Å². The van der Waals surface area contributed by atoms with E-state index < -0.39 is 8.53 Å². The zero-order chi connectivity index (χ0) is 22.4. The van der Waals surface area contributed by atoms with Crippen LogP contribution in [0.2, 0.25) is 0 Å². The SMILES string of the molecule is CC(C)CCCC(C)C1CCC2C3CCC4CC(OP(N)O)CCC4(C)C3CCC12C. The van der Waals surface area contributed by atoms with Crippen LogP contribution in [0.1, 0.15) is 112 Å². The first-order chi connectivity index (χ1) is 14.6. The van der Waals surface area contributed by atoms with Gasteiger partial charge < -0.3 is 9.42 Å². The van der Waals surface area contributed by atoms with E-state index in [4.69, 9.17) is 10.0 Å². The number of hydrogen-bond donors (Lipinski definition) is 2. The third kappa shape index (κ3) is 4.65. The molecule has 4 aliphatic rings. The van der Waals surface area contributed by atoms with E-state index in [1.807, 2.05) is 0 Å². The summed E-state index contributed by atoms with van der Waals surface area (Å²) in [6.07, 6.45) is 16.6. The maximum atomic E-state index is 9.55. The molecule has 0 aliphatic heterocycles. The molecular formula is C27H50NO2P. The van der Waals surface area contributed by atoms with Crippen LogP contribution in [-0.2, 0) is 4.52 Å². The molecule has 4 rings (SSSR count). The molecule has 0 saturated heterocycles. The lowest BCUT2D eigenvalue weighted by Crippen LogP contribution is -2.54. The summed E-state index contributed by atoms with van der Waals surface area (Å²) in [7, 11) is -1.71. The Labute approximate surface area is 193 Å². The lowest BCUT2D eigenvalue weighted by atomic mass is 9.44. The van der Waals surface area contributed by atoms with Crippen molar-refractivity contribution in [3.05, 3.63) is 0 Å². The van der Waals surface area contributed by atoms with Crippen molar-refractivity contribution in [3.8, 4) is 0 Å². The minimum Gasteiger partial charge on any atom is -0.338 e. The van der Waals surface area contributed by atoms with Gasteiger partial charge in [0.25, 0.3) is 0 Å². The van der Waals surface area contributed by atoms with Crippen molar-refractivity contribution >= 4 is 8.53 Å². The molecule has 0 radical (unpaired) electrons. The second-order valence-electron chi connectivity index (χ2n) is 13.0. The molecule has 4 aliphatic carbocycles. The van der Waals surface area contributed by atoms with Crippen molar-refractivity contribution in [3.63, 3.8) is 0 Å². The Hall–Kier alpha value is 0.310. The molecule has 3 nitrogen and oxygen atoms in total. The van der Waals surface area contributed by atoms with Gasteiger partial charge in [0.1, 0.15) is 0 Å². The Kier molecular flexibility index (Phi) is 7.50. The molecule has 0 aromatic heterocycles. The minimum atomic E-state index is -1.71. The van der Waals surface area contributed by atoms with Gasteiger partial charge in [0.15, 0.2) is 0 Å². The summed E-state index contributed by atoms with van der Waals surface area (Å²) in [6.45, 7) is 12.6. The second kappa shape index (κ2) is 9.52. The van der Waals surface area contributed by atoms with Gasteiger partial charge in [-0.3, -0.25) is 5.50 Å². The Bertz CT molecular complexity index is 612. The van der Waals surface area contributed by atoms with Crippen LogP contribution in [0.5, 0.6) is 0 Å². The molecule has 3 N–H and O–H groups in total. The molecule has 4 heteroatoms. The van der Waals surface area contributed by atoms with Crippen LogP contribution in [0.3, 0.4) is 0 Å². The first kappa shape index (κ1) is 24.4. The van der Waals surface area contributed by atoms with Crippen molar-refractivity contribution in [1.29, 1.82) is 0 Å². The zero-order valence-electron chi connectivity index (χ0n) is 21.0. The Morgan fingerprint density at radius 2 is 1.65 bits per heavy atom. The third-order valence-electron chi connectivity index (χ3n) is 11.1. The summed E-state index contributed by atoms with van der Waals surface area (Å²) in [6, 6.07) is 0. The summed E-state index contributed by atoms with van der Waals surface area (Å²) < 4.78 is 5.69. The van der Waals surface area contributed by atoms with Gasteiger partial charge in [0.05, 0.1) is 6.10 Å². The fraction of sp³-hybridized carbons (Fsp3) is 1.00. The summed E-state index contributed by atoms with van der Waals surface area (Å²) in [5.41, 5.74) is 6.66. The minimum absolute atomic E-state index is 0.187.